The van der Waals surface area contributed by atoms with Crippen LogP contribution in [0.4, 0.5) is 0 Å². The maximum atomic E-state index is 9.27. The highest BCUT2D eigenvalue weighted by molar-refractivity contribution is 6.01. The maximum absolute atomic E-state index is 9.27. The molecule has 0 atom stereocenters. The normalized spacial score (nSPS) is 11.3. The largest absolute Gasteiger partial charge is 0.391 e. The fraction of sp³-hybridized carbons (Fsp3) is 0.133. The molecule has 2 aromatic rings. The third kappa shape index (κ3) is 3.43. The van der Waals surface area contributed by atoms with Crippen molar-refractivity contribution in [3.63, 3.8) is 0 Å². The SMILES string of the molecule is OC/C(=N/OCc1ccccc1)c1ccccc1. The summed E-state index contributed by atoms with van der Waals surface area (Å²) in [6.45, 7) is 0.260. The highest BCUT2D eigenvalue weighted by Crippen LogP contribution is 2.04. The van der Waals surface area contributed by atoms with Gasteiger partial charge in [-0.05, 0) is 5.56 Å². The lowest BCUT2D eigenvalue weighted by Crippen LogP contribution is -2.07. The van der Waals surface area contributed by atoms with Gasteiger partial charge in [0.15, 0.2) is 0 Å². The van der Waals surface area contributed by atoms with Crippen LogP contribution in [0.15, 0.2) is 65.8 Å². The Morgan fingerprint density at radius 2 is 1.56 bits per heavy atom. The third-order valence-corrected chi connectivity index (χ3v) is 2.51. The molecule has 0 saturated carbocycles. The van der Waals surface area contributed by atoms with E-state index in [1.54, 1.807) is 0 Å². The Labute approximate surface area is 106 Å². The number of rotatable bonds is 5. The molecule has 0 spiro atoms. The van der Waals surface area contributed by atoms with Crippen LogP contribution in [0.5, 0.6) is 0 Å². The molecule has 0 saturated heterocycles. The van der Waals surface area contributed by atoms with Crippen molar-refractivity contribution in [2.24, 2.45) is 5.16 Å². The summed E-state index contributed by atoms with van der Waals surface area (Å²) in [7, 11) is 0. The Bertz CT molecular complexity index is 494. The molecule has 3 nitrogen and oxygen atoms in total. The molecular formula is C15H15NO2. The van der Waals surface area contributed by atoms with E-state index in [1.807, 2.05) is 60.7 Å². The van der Waals surface area contributed by atoms with Crippen molar-refractivity contribution in [2.45, 2.75) is 6.61 Å². The molecule has 2 rings (SSSR count). The Morgan fingerprint density at radius 1 is 0.944 bits per heavy atom. The van der Waals surface area contributed by atoms with Crippen LogP contribution in [0.2, 0.25) is 0 Å². The van der Waals surface area contributed by atoms with Crippen molar-refractivity contribution in [2.75, 3.05) is 6.61 Å². The average molecular weight is 241 g/mol. The van der Waals surface area contributed by atoms with Gasteiger partial charge in [0.25, 0.3) is 0 Å². The number of oxime groups is 1. The molecule has 92 valence electrons. The Balaban J connectivity index is 1.99. The van der Waals surface area contributed by atoms with E-state index in [1.165, 1.54) is 0 Å². The molecule has 0 heterocycles. The zero-order valence-corrected chi connectivity index (χ0v) is 9.99. The highest BCUT2D eigenvalue weighted by Gasteiger charge is 2.01. The lowest BCUT2D eigenvalue weighted by molar-refractivity contribution is 0.128. The predicted octanol–water partition coefficient (Wildman–Crippen LogP) is 2.60. The summed E-state index contributed by atoms with van der Waals surface area (Å²) in [5.41, 5.74) is 2.45. The second-order valence-electron chi connectivity index (χ2n) is 3.82. The molecule has 0 fully saturated rings. The zero-order valence-electron chi connectivity index (χ0n) is 9.99. The molecule has 2 aromatic carbocycles. The fourth-order valence-electron chi connectivity index (χ4n) is 1.56. The van der Waals surface area contributed by atoms with Crippen molar-refractivity contribution < 1.29 is 9.94 Å². The van der Waals surface area contributed by atoms with Crippen molar-refractivity contribution in [3.8, 4) is 0 Å². The van der Waals surface area contributed by atoms with Gasteiger partial charge in [-0.25, -0.2) is 0 Å². The number of hydrogen-bond acceptors (Lipinski definition) is 3. The van der Waals surface area contributed by atoms with Crippen LogP contribution < -0.4 is 0 Å². The van der Waals surface area contributed by atoms with Crippen molar-refractivity contribution in [3.05, 3.63) is 71.8 Å². The van der Waals surface area contributed by atoms with E-state index in [0.29, 0.717) is 12.3 Å². The molecule has 0 amide bonds. The van der Waals surface area contributed by atoms with E-state index in [4.69, 9.17) is 4.84 Å². The number of hydrogen-bond donors (Lipinski definition) is 1. The van der Waals surface area contributed by atoms with E-state index in [2.05, 4.69) is 5.16 Å². The summed E-state index contributed by atoms with van der Waals surface area (Å²) in [6.07, 6.45) is 0. The van der Waals surface area contributed by atoms with Gasteiger partial charge in [-0.15, -0.1) is 0 Å². The molecule has 0 unspecified atom stereocenters. The number of benzene rings is 2. The Hall–Kier alpha value is -2.13. The first kappa shape index (κ1) is 12.3. The van der Waals surface area contributed by atoms with Crippen LogP contribution in [-0.2, 0) is 11.4 Å². The number of aliphatic hydroxyl groups is 1. The number of nitrogens with zero attached hydrogens (tertiary/aromatic N) is 1. The molecule has 0 aliphatic carbocycles. The lowest BCUT2D eigenvalue weighted by Gasteiger charge is -2.04. The fourth-order valence-corrected chi connectivity index (χ4v) is 1.56. The summed E-state index contributed by atoms with van der Waals surface area (Å²) >= 11 is 0. The maximum Gasteiger partial charge on any atom is 0.142 e. The van der Waals surface area contributed by atoms with Gasteiger partial charge in [-0.3, -0.25) is 0 Å². The van der Waals surface area contributed by atoms with E-state index in [0.717, 1.165) is 11.1 Å². The summed E-state index contributed by atoms with van der Waals surface area (Å²) < 4.78 is 0. The van der Waals surface area contributed by atoms with Gasteiger partial charge >= 0.3 is 0 Å². The predicted molar refractivity (Wildman–Crippen MR) is 71.3 cm³/mol. The van der Waals surface area contributed by atoms with Crippen molar-refractivity contribution >= 4 is 5.71 Å². The van der Waals surface area contributed by atoms with Gasteiger partial charge in [0.2, 0.25) is 0 Å². The molecule has 1 N–H and O–H groups in total. The Kier molecular flexibility index (Phi) is 4.50. The smallest absolute Gasteiger partial charge is 0.142 e. The molecule has 3 heteroatoms. The van der Waals surface area contributed by atoms with Gasteiger partial charge in [-0.2, -0.15) is 0 Å². The second kappa shape index (κ2) is 6.57. The second-order valence-corrected chi connectivity index (χ2v) is 3.82. The molecule has 0 radical (unpaired) electrons. The van der Waals surface area contributed by atoms with Gasteiger partial charge in [0, 0.05) is 5.56 Å². The molecule has 0 aliphatic heterocycles. The summed E-state index contributed by atoms with van der Waals surface area (Å²) in [6, 6.07) is 19.3. The van der Waals surface area contributed by atoms with E-state index in [-0.39, 0.29) is 6.61 Å². The van der Waals surface area contributed by atoms with Gasteiger partial charge in [0.05, 0.1) is 6.61 Å². The quantitative estimate of drug-likeness (QED) is 0.645. The van der Waals surface area contributed by atoms with Crippen LogP contribution in [0.25, 0.3) is 0 Å². The number of aliphatic hydroxyl groups excluding tert-OH is 1. The molecule has 18 heavy (non-hydrogen) atoms. The summed E-state index contributed by atoms with van der Waals surface area (Å²) in [5, 5.41) is 13.2. The van der Waals surface area contributed by atoms with E-state index < -0.39 is 0 Å². The van der Waals surface area contributed by atoms with Gasteiger partial charge < -0.3 is 9.94 Å². The van der Waals surface area contributed by atoms with Crippen LogP contribution in [0, 0.1) is 0 Å². The van der Waals surface area contributed by atoms with Crippen LogP contribution in [-0.4, -0.2) is 17.4 Å². The third-order valence-electron chi connectivity index (χ3n) is 2.51. The lowest BCUT2D eigenvalue weighted by atomic mass is 10.1. The van der Waals surface area contributed by atoms with Crippen LogP contribution in [0.3, 0.4) is 0 Å². The first-order valence-corrected chi connectivity index (χ1v) is 5.79. The minimum Gasteiger partial charge on any atom is -0.391 e. The summed E-state index contributed by atoms with van der Waals surface area (Å²) in [5.74, 6) is 0. The standard InChI is InChI=1S/C15H15NO2/c17-11-15(14-9-5-2-6-10-14)16-18-12-13-7-3-1-4-8-13/h1-10,17H,11-12H2/b16-15-. The molecule has 0 aromatic heterocycles. The highest BCUT2D eigenvalue weighted by atomic mass is 16.6. The van der Waals surface area contributed by atoms with Gasteiger partial charge in [0.1, 0.15) is 12.3 Å². The minimum absolute atomic E-state index is 0.140. The monoisotopic (exact) mass is 241 g/mol. The summed E-state index contributed by atoms with van der Waals surface area (Å²) in [4.78, 5) is 5.26. The van der Waals surface area contributed by atoms with Crippen molar-refractivity contribution in [1.29, 1.82) is 0 Å². The van der Waals surface area contributed by atoms with Crippen LogP contribution in [0.1, 0.15) is 11.1 Å². The Morgan fingerprint density at radius 3 is 2.17 bits per heavy atom. The van der Waals surface area contributed by atoms with Gasteiger partial charge in [-0.1, -0.05) is 65.8 Å². The van der Waals surface area contributed by atoms with Crippen LogP contribution >= 0.6 is 0 Å². The molecular weight excluding hydrogens is 226 g/mol. The zero-order chi connectivity index (χ0) is 12.6. The topological polar surface area (TPSA) is 41.8 Å². The first-order valence-electron chi connectivity index (χ1n) is 5.79. The van der Waals surface area contributed by atoms with E-state index >= 15 is 0 Å². The molecule has 0 bridgehead atoms. The first-order chi connectivity index (χ1) is 8.90. The average Bonchev–Trinajstić information content (AvgIpc) is 2.46. The van der Waals surface area contributed by atoms with E-state index in [9.17, 15) is 5.11 Å². The van der Waals surface area contributed by atoms with Crippen molar-refractivity contribution in [1.82, 2.24) is 0 Å². The minimum atomic E-state index is -0.140. The molecule has 0 aliphatic rings.